The van der Waals surface area contributed by atoms with Gasteiger partial charge in [0, 0.05) is 13.1 Å². The molecule has 3 nitrogen and oxygen atoms in total. The van der Waals surface area contributed by atoms with E-state index >= 15 is 0 Å². The average molecular weight is 214 g/mol. The second kappa shape index (κ2) is 5.83. The van der Waals surface area contributed by atoms with Crippen LogP contribution in [0.4, 0.5) is 0 Å². The Morgan fingerprint density at radius 3 is 2.80 bits per heavy atom. The number of hydrogen-bond donors (Lipinski definition) is 2. The summed E-state index contributed by atoms with van der Waals surface area (Å²) in [5, 5.41) is 8.90. The number of aliphatic hydroxyl groups is 1. The van der Waals surface area contributed by atoms with Crippen LogP contribution in [0.2, 0.25) is 0 Å². The molecule has 1 aliphatic rings. The largest absolute Gasteiger partial charge is 0.395 e. The van der Waals surface area contributed by atoms with E-state index in [9.17, 15) is 0 Å². The highest BCUT2D eigenvalue weighted by molar-refractivity contribution is 4.88. The first-order valence-electron chi connectivity index (χ1n) is 6.11. The zero-order valence-corrected chi connectivity index (χ0v) is 10.2. The van der Waals surface area contributed by atoms with E-state index in [4.69, 9.17) is 10.8 Å². The van der Waals surface area contributed by atoms with Gasteiger partial charge >= 0.3 is 0 Å². The van der Waals surface area contributed by atoms with E-state index < -0.39 is 0 Å². The highest BCUT2D eigenvalue weighted by Crippen LogP contribution is 2.38. The molecular weight excluding hydrogens is 188 g/mol. The Kier molecular flexibility index (Phi) is 5.03. The molecule has 1 fully saturated rings. The lowest BCUT2D eigenvalue weighted by molar-refractivity contribution is 0.0915. The van der Waals surface area contributed by atoms with E-state index in [-0.39, 0.29) is 6.61 Å². The molecule has 2 unspecified atom stereocenters. The lowest BCUT2D eigenvalue weighted by Crippen LogP contribution is -2.44. The second-order valence-corrected chi connectivity index (χ2v) is 5.37. The monoisotopic (exact) mass is 214 g/mol. The van der Waals surface area contributed by atoms with Gasteiger partial charge in [-0.05, 0) is 37.8 Å². The summed E-state index contributed by atoms with van der Waals surface area (Å²) >= 11 is 0. The van der Waals surface area contributed by atoms with Gasteiger partial charge in [0.05, 0.1) is 6.61 Å². The summed E-state index contributed by atoms with van der Waals surface area (Å²) in [5.74, 6) is 0.810. The second-order valence-electron chi connectivity index (χ2n) is 5.37. The quantitative estimate of drug-likeness (QED) is 0.719. The predicted octanol–water partition coefficient (Wildman–Crippen LogP) is 1.07. The van der Waals surface area contributed by atoms with Crippen molar-refractivity contribution in [2.24, 2.45) is 17.1 Å². The molecular formula is C12H26N2O. The Labute approximate surface area is 93.6 Å². The lowest BCUT2D eigenvalue weighted by Gasteiger charge is -2.41. The van der Waals surface area contributed by atoms with Gasteiger partial charge < -0.3 is 15.7 Å². The fourth-order valence-corrected chi connectivity index (χ4v) is 2.98. The molecule has 0 aromatic heterocycles. The van der Waals surface area contributed by atoms with Crippen molar-refractivity contribution in [3.8, 4) is 0 Å². The number of nitrogens with two attached hydrogens (primary N) is 1. The minimum absolute atomic E-state index is 0.243. The highest BCUT2D eigenvalue weighted by Gasteiger charge is 2.34. The first kappa shape index (κ1) is 12.9. The molecule has 0 aromatic rings. The van der Waals surface area contributed by atoms with Gasteiger partial charge in [-0.3, -0.25) is 0 Å². The van der Waals surface area contributed by atoms with Crippen molar-refractivity contribution in [1.82, 2.24) is 4.90 Å². The smallest absolute Gasteiger partial charge is 0.0558 e. The van der Waals surface area contributed by atoms with Crippen molar-refractivity contribution in [1.29, 1.82) is 0 Å². The normalized spacial score (nSPS) is 32.2. The average Bonchev–Trinajstić information content (AvgIpc) is 2.18. The zero-order chi connectivity index (χ0) is 11.3. The molecule has 90 valence electrons. The Bertz CT molecular complexity index is 186. The van der Waals surface area contributed by atoms with Crippen LogP contribution in [0.15, 0.2) is 0 Å². The van der Waals surface area contributed by atoms with E-state index in [0.29, 0.717) is 5.41 Å². The maximum absolute atomic E-state index is 8.90. The standard InChI is InChI=1S/C12H26N2O/c1-11-4-3-5-12(8-11,9-13)10-14(2)6-7-15/h11,15H,3-10,13H2,1-2H3. The van der Waals surface area contributed by atoms with Gasteiger partial charge in [-0.15, -0.1) is 0 Å². The Balaban J connectivity index is 2.51. The molecule has 1 aliphatic carbocycles. The predicted molar refractivity (Wildman–Crippen MR) is 63.7 cm³/mol. The van der Waals surface area contributed by atoms with Gasteiger partial charge in [-0.2, -0.15) is 0 Å². The van der Waals surface area contributed by atoms with Crippen molar-refractivity contribution < 1.29 is 5.11 Å². The molecule has 1 saturated carbocycles. The molecule has 2 atom stereocenters. The van der Waals surface area contributed by atoms with Crippen LogP contribution in [0.25, 0.3) is 0 Å². The van der Waals surface area contributed by atoms with Gasteiger partial charge in [0.15, 0.2) is 0 Å². The molecule has 1 rings (SSSR count). The molecule has 0 bridgehead atoms. The third kappa shape index (κ3) is 3.74. The van der Waals surface area contributed by atoms with Gasteiger partial charge in [-0.25, -0.2) is 0 Å². The summed E-state index contributed by atoms with van der Waals surface area (Å²) in [6.07, 6.45) is 5.17. The van der Waals surface area contributed by atoms with Crippen molar-refractivity contribution in [2.75, 3.05) is 33.3 Å². The number of rotatable bonds is 5. The van der Waals surface area contributed by atoms with Gasteiger partial charge in [0.1, 0.15) is 0 Å². The zero-order valence-electron chi connectivity index (χ0n) is 10.2. The summed E-state index contributed by atoms with van der Waals surface area (Å²) in [4.78, 5) is 2.21. The van der Waals surface area contributed by atoms with Gasteiger partial charge in [0.2, 0.25) is 0 Å². The van der Waals surface area contributed by atoms with Crippen LogP contribution in [0.5, 0.6) is 0 Å². The van der Waals surface area contributed by atoms with Crippen LogP contribution in [-0.2, 0) is 0 Å². The fraction of sp³-hybridized carbons (Fsp3) is 1.00. The number of aliphatic hydroxyl groups excluding tert-OH is 1. The summed E-state index contributed by atoms with van der Waals surface area (Å²) in [6.45, 7) is 5.15. The van der Waals surface area contributed by atoms with Crippen LogP contribution < -0.4 is 5.73 Å². The van der Waals surface area contributed by atoms with Crippen LogP contribution in [0.1, 0.15) is 32.6 Å². The molecule has 0 aromatic carbocycles. The Hall–Kier alpha value is -0.120. The highest BCUT2D eigenvalue weighted by atomic mass is 16.3. The van der Waals surface area contributed by atoms with E-state index in [2.05, 4.69) is 18.9 Å². The first-order valence-corrected chi connectivity index (χ1v) is 6.11. The minimum atomic E-state index is 0.243. The summed E-state index contributed by atoms with van der Waals surface area (Å²) in [5.41, 5.74) is 6.26. The van der Waals surface area contributed by atoms with Gasteiger partial charge in [-0.1, -0.05) is 19.8 Å². The maximum Gasteiger partial charge on any atom is 0.0558 e. The van der Waals surface area contributed by atoms with Crippen molar-refractivity contribution in [3.05, 3.63) is 0 Å². The molecule has 0 spiro atoms. The topological polar surface area (TPSA) is 49.5 Å². The summed E-state index contributed by atoms with van der Waals surface area (Å²) in [7, 11) is 2.08. The lowest BCUT2D eigenvalue weighted by atomic mass is 9.70. The number of nitrogens with zero attached hydrogens (tertiary/aromatic N) is 1. The van der Waals surface area contributed by atoms with Crippen molar-refractivity contribution in [3.63, 3.8) is 0 Å². The molecule has 0 heterocycles. The van der Waals surface area contributed by atoms with Crippen LogP contribution in [0.3, 0.4) is 0 Å². The van der Waals surface area contributed by atoms with E-state index in [1.807, 2.05) is 0 Å². The van der Waals surface area contributed by atoms with E-state index in [0.717, 1.165) is 25.6 Å². The molecule has 0 saturated heterocycles. The molecule has 0 radical (unpaired) electrons. The summed E-state index contributed by atoms with van der Waals surface area (Å²) < 4.78 is 0. The van der Waals surface area contributed by atoms with Crippen LogP contribution >= 0.6 is 0 Å². The molecule has 0 amide bonds. The Morgan fingerprint density at radius 1 is 1.53 bits per heavy atom. The molecule has 15 heavy (non-hydrogen) atoms. The minimum Gasteiger partial charge on any atom is -0.395 e. The third-order valence-corrected chi connectivity index (χ3v) is 3.71. The van der Waals surface area contributed by atoms with Crippen molar-refractivity contribution >= 4 is 0 Å². The Morgan fingerprint density at radius 2 is 2.27 bits per heavy atom. The van der Waals surface area contributed by atoms with E-state index in [1.54, 1.807) is 0 Å². The van der Waals surface area contributed by atoms with Crippen molar-refractivity contribution in [2.45, 2.75) is 32.6 Å². The maximum atomic E-state index is 8.90. The fourth-order valence-electron chi connectivity index (χ4n) is 2.98. The summed E-state index contributed by atoms with van der Waals surface area (Å²) in [6, 6.07) is 0. The molecule has 3 N–H and O–H groups in total. The number of likely N-dealkylation sites (N-methyl/N-ethyl adjacent to an activating group) is 1. The van der Waals surface area contributed by atoms with Gasteiger partial charge in [0.25, 0.3) is 0 Å². The van der Waals surface area contributed by atoms with Crippen LogP contribution in [-0.4, -0.2) is 43.3 Å². The third-order valence-electron chi connectivity index (χ3n) is 3.71. The first-order chi connectivity index (χ1) is 7.12. The molecule has 0 aliphatic heterocycles. The van der Waals surface area contributed by atoms with E-state index in [1.165, 1.54) is 25.7 Å². The number of hydrogen-bond acceptors (Lipinski definition) is 3. The molecule has 3 heteroatoms. The SMILES string of the molecule is CC1CCCC(CN)(CN(C)CCO)C1. The van der Waals surface area contributed by atoms with Crippen LogP contribution in [0, 0.1) is 11.3 Å².